The molecule has 0 saturated carbocycles. The average molecular weight is 276 g/mol. The molecule has 0 fully saturated rings. The first-order chi connectivity index (χ1) is 10.3. The zero-order valence-corrected chi connectivity index (χ0v) is 11.4. The second-order valence-electron chi connectivity index (χ2n) is 4.91. The van der Waals surface area contributed by atoms with Crippen LogP contribution in [0.1, 0.15) is 5.56 Å². The van der Waals surface area contributed by atoms with Gasteiger partial charge >= 0.3 is 0 Å². The van der Waals surface area contributed by atoms with Gasteiger partial charge in [-0.1, -0.05) is 12.1 Å². The quantitative estimate of drug-likeness (QED) is 0.563. The van der Waals surface area contributed by atoms with Gasteiger partial charge < -0.3 is 4.42 Å². The summed E-state index contributed by atoms with van der Waals surface area (Å²) < 4.78 is 7.67. The van der Waals surface area contributed by atoms with Gasteiger partial charge in [-0.25, -0.2) is 4.98 Å². The summed E-state index contributed by atoms with van der Waals surface area (Å²) >= 11 is 0. The van der Waals surface area contributed by atoms with Crippen molar-refractivity contribution in [2.75, 3.05) is 0 Å². The zero-order valence-electron chi connectivity index (χ0n) is 11.4. The molecular weight excluding hydrogens is 264 g/mol. The molecule has 102 valence electrons. The first-order valence-electron chi connectivity index (χ1n) is 6.62. The van der Waals surface area contributed by atoms with Gasteiger partial charge in [-0.05, 0) is 42.8 Å². The van der Waals surface area contributed by atoms with E-state index in [9.17, 15) is 0 Å². The molecule has 0 aliphatic rings. The highest BCUT2D eigenvalue weighted by Gasteiger charge is 2.09. The summed E-state index contributed by atoms with van der Waals surface area (Å²) in [4.78, 5) is 4.56. The Labute approximate surface area is 120 Å². The third-order valence-electron chi connectivity index (χ3n) is 3.35. The third kappa shape index (κ3) is 2.08. The van der Waals surface area contributed by atoms with Crippen molar-refractivity contribution in [3.05, 3.63) is 60.7 Å². The molecule has 0 N–H and O–H groups in total. The molecule has 21 heavy (non-hydrogen) atoms. The highest BCUT2D eigenvalue weighted by atomic mass is 16.3. The molecule has 0 bridgehead atoms. The van der Waals surface area contributed by atoms with Gasteiger partial charge in [-0.2, -0.15) is 0 Å². The van der Waals surface area contributed by atoms with Crippen molar-refractivity contribution in [3.8, 4) is 17.1 Å². The molecule has 4 aromatic rings. The van der Waals surface area contributed by atoms with Crippen molar-refractivity contribution in [2.24, 2.45) is 0 Å². The number of aryl methyl sites for hydroxylation is 1. The molecule has 2 aromatic heterocycles. The van der Waals surface area contributed by atoms with Gasteiger partial charge in [-0.15, -0.1) is 10.2 Å². The Hall–Kier alpha value is -2.95. The number of hydrogen-bond acceptors (Lipinski definition) is 4. The second kappa shape index (κ2) is 4.56. The number of oxazole rings is 1. The maximum Gasteiger partial charge on any atom is 0.227 e. The van der Waals surface area contributed by atoms with Crippen LogP contribution < -0.4 is 0 Å². The highest BCUT2D eigenvalue weighted by Crippen LogP contribution is 2.26. The lowest BCUT2D eigenvalue weighted by Crippen LogP contribution is -1.90. The van der Waals surface area contributed by atoms with E-state index >= 15 is 0 Å². The van der Waals surface area contributed by atoms with E-state index in [-0.39, 0.29) is 0 Å². The van der Waals surface area contributed by atoms with Crippen LogP contribution in [0.25, 0.3) is 28.2 Å². The fourth-order valence-electron chi connectivity index (χ4n) is 2.29. The summed E-state index contributed by atoms with van der Waals surface area (Å²) in [5, 5.41) is 7.64. The van der Waals surface area contributed by atoms with Crippen LogP contribution in [-0.2, 0) is 0 Å². The maximum atomic E-state index is 5.83. The van der Waals surface area contributed by atoms with Gasteiger partial charge in [-0.3, -0.25) is 4.57 Å². The lowest BCUT2D eigenvalue weighted by Gasteiger charge is -2.02. The monoisotopic (exact) mass is 276 g/mol. The standard InChI is InChI=1S/C16H12N4O/c1-11-5-6-15-14(7-11)19-16(21-15)12-3-2-4-13(8-12)20-9-17-18-10-20/h2-10H,1H3. The average Bonchev–Trinajstić information content (AvgIpc) is 3.16. The van der Waals surface area contributed by atoms with Gasteiger partial charge in [0.05, 0.1) is 0 Å². The van der Waals surface area contributed by atoms with Crippen molar-refractivity contribution < 1.29 is 4.42 Å². The van der Waals surface area contributed by atoms with Crippen molar-refractivity contribution >= 4 is 11.1 Å². The first kappa shape index (κ1) is 11.8. The SMILES string of the molecule is Cc1ccc2oc(-c3cccc(-n4cnnc4)c3)nc2c1. The molecule has 2 aromatic carbocycles. The topological polar surface area (TPSA) is 56.7 Å². The van der Waals surface area contributed by atoms with E-state index in [4.69, 9.17) is 4.42 Å². The van der Waals surface area contributed by atoms with Crippen LogP contribution in [0, 0.1) is 6.92 Å². The minimum Gasteiger partial charge on any atom is -0.436 e. The Kier molecular flexibility index (Phi) is 2.57. The lowest BCUT2D eigenvalue weighted by atomic mass is 10.2. The summed E-state index contributed by atoms with van der Waals surface area (Å²) in [6.45, 7) is 2.04. The van der Waals surface area contributed by atoms with Crippen molar-refractivity contribution in [1.29, 1.82) is 0 Å². The summed E-state index contributed by atoms with van der Waals surface area (Å²) in [6, 6.07) is 13.9. The molecule has 0 spiro atoms. The molecule has 0 atom stereocenters. The molecule has 0 aliphatic carbocycles. The Balaban J connectivity index is 1.83. The number of nitrogens with zero attached hydrogens (tertiary/aromatic N) is 4. The predicted octanol–water partition coefficient (Wildman–Crippen LogP) is 3.38. The van der Waals surface area contributed by atoms with Crippen LogP contribution in [-0.4, -0.2) is 19.7 Å². The van der Waals surface area contributed by atoms with Crippen molar-refractivity contribution in [3.63, 3.8) is 0 Å². The fourth-order valence-corrected chi connectivity index (χ4v) is 2.29. The highest BCUT2D eigenvalue weighted by molar-refractivity contribution is 5.77. The molecule has 2 heterocycles. The Morgan fingerprint density at radius 1 is 1.00 bits per heavy atom. The minimum absolute atomic E-state index is 0.616. The molecule has 0 unspecified atom stereocenters. The van der Waals surface area contributed by atoms with Crippen LogP contribution >= 0.6 is 0 Å². The molecule has 5 heteroatoms. The molecule has 4 rings (SSSR count). The molecule has 0 aliphatic heterocycles. The zero-order chi connectivity index (χ0) is 14.2. The van der Waals surface area contributed by atoms with Crippen LogP contribution in [0.5, 0.6) is 0 Å². The Bertz CT molecular complexity index is 909. The number of benzene rings is 2. The summed E-state index contributed by atoms with van der Waals surface area (Å²) in [5.74, 6) is 0.616. The van der Waals surface area contributed by atoms with Gasteiger partial charge in [0, 0.05) is 11.3 Å². The first-order valence-corrected chi connectivity index (χ1v) is 6.62. The van der Waals surface area contributed by atoms with Gasteiger partial charge in [0.25, 0.3) is 0 Å². The smallest absolute Gasteiger partial charge is 0.227 e. The van der Waals surface area contributed by atoms with Crippen molar-refractivity contribution in [2.45, 2.75) is 6.92 Å². The number of hydrogen-bond donors (Lipinski definition) is 0. The van der Waals surface area contributed by atoms with Crippen LogP contribution in [0.3, 0.4) is 0 Å². The number of fused-ring (bicyclic) bond motifs is 1. The van der Waals surface area contributed by atoms with Gasteiger partial charge in [0.2, 0.25) is 5.89 Å². The van der Waals surface area contributed by atoms with Gasteiger partial charge in [0.1, 0.15) is 18.2 Å². The normalized spacial score (nSPS) is 11.1. The van der Waals surface area contributed by atoms with E-state index in [0.717, 1.165) is 22.4 Å². The summed E-state index contributed by atoms with van der Waals surface area (Å²) in [5.41, 5.74) is 4.73. The lowest BCUT2D eigenvalue weighted by molar-refractivity contribution is 0.619. The van der Waals surface area contributed by atoms with E-state index in [1.165, 1.54) is 5.56 Å². The van der Waals surface area contributed by atoms with Crippen LogP contribution in [0.15, 0.2) is 59.5 Å². The van der Waals surface area contributed by atoms with E-state index < -0.39 is 0 Å². The number of rotatable bonds is 2. The summed E-state index contributed by atoms with van der Waals surface area (Å²) in [7, 11) is 0. The van der Waals surface area contributed by atoms with Crippen LogP contribution in [0.4, 0.5) is 0 Å². The third-order valence-corrected chi connectivity index (χ3v) is 3.35. The Morgan fingerprint density at radius 2 is 1.86 bits per heavy atom. The molecule has 0 amide bonds. The van der Waals surface area contributed by atoms with Crippen molar-refractivity contribution in [1.82, 2.24) is 19.7 Å². The largest absolute Gasteiger partial charge is 0.436 e. The molecule has 5 nitrogen and oxygen atoms in total. The Morgan fingerprint density at radius 3 is 2.71 bits per heavy atom. The fraction of sp³-hybridized carbons (Fsp3) is 0.0625. The van der Waals surface area contributed by atoms with E-state index in [1.807, 2.05) is 54.0 Å². The molecule has 0 radical (unpaired) electrons. The molecular formula is C16H12N4O. The van der Waals surface area contributed by atoms with Crippen LogP contribution in [0.2, 0.25) is 0 Å². The van der Waals surface area contributed by atoms with E-state index in [2.05, 4.69) is 15.2 Å². The minimum atomic E-state index is 0.616. The number of aromatic nitrogens is 4. The second-order valence-corrected chi connectivity index (χ2v) is 4.91. The van der Waals surface area contributed by atoms with Gasteiger partial charge in [0.15, 0.2) is 5.58 Å². The van der Waals surface area contributed by atoms with E-state index in [0.29, 0.717) is 5.89 Å². The molecule has 0 saturated heterocycles. The predicted molar refractivity (Wildman–Crippen MR) is 79.1 cm³/mol. The summed E-state index contributed by atoms with van der Waals surface area (Å²) in [6.07, 6.45) is 3.32. The maximum absolute atomic E-state index is 5.83. The van der Waals surface area contributed by atoms with E-state index in [1.54, 1.807) is 12.7 Å².